The van der Waals surface area contributed by atoms with Gasteiger partial charge in [0.05, 0.1) is 10.5 Å². The van der Waals surface area contributed by atoms with Crippen molar-refractivity contribution in [2.45, 2.75) is 4.90 Å². The number of hydrogen-bond acceptors (Lipinski definition) is 5. The van der Waals surface area contributed by atoms with Crippen molar-refractivity contribution < 1.29 is 22.5 Å². The van der Waals surface area contributed by atoms with E-state index in [1.165, 1.54) is 12.3 Å². The molecule has 0 heterocycles. The van der Waals surface area contributed by atoms with Gasteiger partial charge in [0.1, 0.15) is 0 Å². The Kier molecular flexibility index (Phi) is 5.04. The number of hydrogen-bond donors (Lipinski definition) is 3. The molecule has 0 bridgehead atoms. The maximum Gasteiger partial charge on any atom is 0.337 e. The van der Waals surface area contributed by atoms with Gasteiger partial charge in [0, 0.05) is 35.0 Å². The second kappa shape index (κ2) is 6.13. The van der Waals surface area contributed by atoms with E-state index in [1.807, 2.05) is 0 Å². The van der Waals surface area contributed by atoms with Crippen molar-refractivity contribution in [3.05, 3.63) is 23.8 Å². The van der Waals surface area contributed by atoms with E-state index in [4.69, 9.17) is 10.8 Å². The van der Waals surface area contributed by atoms with E-state index in [0.717, 1.165) is 12.1 Å². The molecule has 1 unspecified atom stereocenters. The van der Waals surface area contributed by atoms with Crippen molar-refractivity contribution in [1.29, 1.82) is 0 Å². The van der Waals surface area contributed by atoms with E-state index in [-0.39, 0.29) is 22.9 Å². The molecule has 0 aromatic heterocycles. The quantitative estimate of drug-likeness (QED) is 0.615. The van der Waals surface area contributed by atoms with Gasteiger partial charge in [0.2, 0.25) is 10.0 Å². The first-order valence-electron chi connectivity index (χ1n) is 5.16. The van der Waals surface area contributed by atoms with Gasteiger partial charge in [-0.1, -0.05) is 0 Å². The summed E-state index contributed by atoms with van der Waals surface area (Å²) in [7, 11) is -5.11. The lowest BCUT2D eigenvalue weighted by molar-refractivity contribution is 0.0692. The standard InChI is InChI=1S/C10H14N2O5S2/c1-18(15)5-4-12-19(16,17)9-3-2-7(11)6-8(9)10(13)14/h2-3,6,12H,4-5,11H2,1H3,(H,13,14). The third-order valence-electron chi connectivity index (χ3n) is 2.21. The lowest BCUT2D eigenvalue weighted by Crippen LogP contribution is -2.29. The molecule has 106 valence electrons. The van der Waals surface area contributed by atoms with Gasteiger partial charge in [-0.2, -0.15) is 0 Å². The number of rotatable bonds is 6. The third-order valence-corrected chi connectivity index (χ3v) is 4.50. The van der Waals surface area contributed by atoms with Gasteiger partial charge in [0.15, 0.2) is 0 Å². The van der Waals surface area contributed by atoms with Crippen LogP contribution in [0.2, 0.25) is 0 Å². The third kappa shape index (κ3) is 4.30. The number of benzene rings is 1. The van der Waals surface area contributed by atoms with Crippen molar-refractivity contribution in [3.8, 4) is 0 Å². The first-order valence-corrected chi connectivity index (χ1v) is 8.37. The van der Waals surface area contributed by atoms with E-state index >= 15 is 0 Å². The smallest absolute Gasteiger partial charge is 0.337 e. The van der Waals surface area contributed by atoms with E-state index in [0.29, 0.717) is 0 Å². The Morgan fingerprint density at radius 3 is 2.63 bits per heavy atom. The van der Waals surface area contributed by atoms with Crippen molar-refractivity contribution in [2.24, 2.45) is 0 Å². The summed E-state index contributed by atoms with van der Waals surface area (Å²) in [6.07, 6.45) is 1.44. The Morgan fingerprint density at radius 1 is 1.47 bits per heavy atom. The number of carboxylic acids is 1. The molecule has 0 saturated carbocycles. The van der Waals surface area contributed by atoms with Gasteiger partial charge in [-0.3, -0.25) is 4.21 Å². The summed E-state index contributed by atoms with van der Waals surface area (Å²) in [5, 5.41) is 8.97. The highest BCUT2D eigenvalue weighted by Crippen LogP contribution is 2.18. The van der Waals surface area contributed by atoms with Crippen LogP contribution in [0.5, 0.6) is 0 Å². The number of nitrogens with two attached hydrogens (primary N) is 1. The van der Waals surface area contributed by atoms with E-state index in [2.05, 4.69) is 4.72 Å². The molecule has 0 amide bonds. The monoisotopic (exact) mass is 306 g/mol. The number of carboxylic acid groups (broad SMARTS) is 1. The van der Waals surface area contributed by atoms with E-state index in [1.54, 1.807) is 0 Å². The highest BCUT2D eigenvalue weighted by Gasteiger charge is 2.22. The van der Waals surface area contributed by atoms with E-state index in [9.17, 15) is 17.4 Å². The Labute approximate surface area is 113 Å². The maximum atomic E-state index is 11.9. The van der Waals surface area contributed by atoms with Crippen LogP contribution in [0.25, 0.3) is 0 Å². The Hall–Kier alpha value is -1.45. The summed E-state index contributed by atoms with van der Waals surface area (Å²) in [5.74, 6) is -1.23. The minimum Gasteiger partial charge on any atom is -0.478 e. The average molecular weight is 306 g/mol. The van der Waals surface area contributed by atoms with Crippen LogP contribution < -0.4 is 10.5 Å². The minimum absolute atomic E-state index is 0.0329. The first kappa shape index (κ1) is 15.6. The molecule has 0 radical (unpaired) electrons. The average Bonchev–Trinajstić information content (AvgIpc) is 2.27. The summed E-state index contributed by atoms with van der Waals surface area (Å²) >= 11 is 0. The zero-order valence-corrected chi connectivity index (χ0v) is 11.8. The van der Waals surface area contributed by atoms with Crippen LogP contribution in [-0.2, 0) is 20.8 Å². The topological polar surface area (TPSA) is 127 Å². The second-order valence-electron chi connectivity index (χ2n) is 3.74. The molecule has 0 saturated heterocycles. The van der Waals surface area contributed by atoms with Crippen molar-refractivity contribution in [1.82, 2.24) is 4.72 Å². The number of nitrogens with one attached hydrogen (secondary N) is 1. The zero-order chi connectivity index (χ0) is 14.6. The summed E-state index contributed by atoms with van der Waals surface area (Å²) < 4.78 is 36.9. The number of carbonyl (C=O) groups is 1. The molecule has 1 rings (SSSR count). The number of aromatic carboxylic acids is 1. The predicted molar refractivity (Wildman–Crippen MR) is 71.9 cm³/mol. The fraction of sp³-hybridized carbons (Fsp3) is 0.300. The van der Waals surface area contributed by atoms with Crippen LogP contribution in [0.4, 0.5) is 5.69 Å². The Balaban J connectivity index is 3.07. The molecule has 1 aromatic carbocycles. The highest BCUT2D eigenvalue weighted by atomic mass is 32.2. The van der Waals surface area contributed by atoms with Crippen molar-refractivity contribution >= 4 is 32.5 Å². The minimum atomic E-state index is -3.97. The van der Waals surface area contributed by atoms with Gasteiger partial charge in [-0.15, -0.1) is 0 Å². The Morgan fingerprint density at radius 2 is 2.11 bits per heavy atom. The molecule has 4 N–H and O–H groups in total. The number of sulfonamides is 1. The van der Waals surface area contributed by atoms with Gasteiger partial charge < -0.3 is 10.8 Å². The molecular formula is C10H14N2O5S2. The van der Waals surface area contributed by atoms with Crippen LogP contribution in [0, 0.1) is 0 Å². The molecule has 0 aliphatic rings. The van der Waals surface area contributed by atoms with Gasteiger partial charge in [0.25, 0.3) is 0 Å². The Bertz CT molecular complexity index is 612. The van der Waals surface area contributed by atoms with Gasteiger partial charge >= 0.3 is 5.97 Å². The summed E-state index contributed by atoms with van der Waals surface area (Å²) in [4.78, 5) is 10.6. The molecule has 19 heavy (non-hydrogen) atoms. The molecule has 1 atom stereocenters. The molecule has 0 aliphatic heterocycles. The largest absolute Gasteiger partial charge is 0.478 e. The molecule has 7 nitrogen and oxygen atoms in total. The predicted octanol–water partition coefficient (Wildman–Crippen LogP) is -0.376. The van der Waals surface area contributed by atoms with Crippen molar-refractivity contribution in [3.63, 3.8) is 0 Å². The molecule has 0 aliphatic carbocycles. The van der Waals surface area contributed by atoms with Crippen LogP contribution in [0.1, 0.15) is 10.4 Å². The molecule has 9 heteroatoms. The molecule has 0 fully saturated rings. The molecular weight excluding hydrogens is 292 g/mol. The highest BCUT2D eigenvalue weighted by molar-refractivity contribution is 7.89. The summed E-state index contributed by atoms with van der Waals surface area (Å²) in [6, 6.07) is 3.51. The molecule has 1 aromatic rings. The van der Waals surface area contributed by atoms with E-state index < -0.39 is 32.4 Å². The lowest BCUT2D eigenvalue weighted by atomic mass is 10.2. The fourth-order valence-corrected chi connectivity index (χ4v) is 3.07. The lowest BCUT2D eigenvalue weighted by Gasteiger charge is -2.09. The molecule has 0 spiro atoms. The zero-order valence-electron chi connectivity index (χ0n) is 10.1. The summed E-state index contributed by atoms with van der Waals surface area (Å²) in [5.41, 5.74) is 5.19. The normalized spacial score (nSPS) is 13.1. The van der Waals surface area contributed by atoms with Crippen LogP contribution in [0.15, 0.2) is 23.1 Å². The second-order valence-corrected chi connectivity index (χ2v) is 7.03. The number of nitrogen functional groups attached to an aromatic ring is 1. The van der Waals surface area contributed by atoms with Crippen LogP contribution in [-0.4, -0.2) is 42.3 Å². The SMILES string of the molecule is CS(=O)CCNS(=O)(=O)c1ccc(N)cc1C(=O)O. The summed E-state index contributed by atoms with van der Waals surface area (Å²) in [6.45, 7) is -0.0329. The maximum absolute atomic E-state index is 11.9. The fourth-order valence-electron chi connectivity index (χ4n) is 1.35. The van der Waals surface area contributed by atoms with Crippen molar-refractivity contribution in [2.75, 3.05) is 24.3 Å². The van der Waals surface area contributed by atoms with Gasteiger partial charge in [-0.25, -0.2) is 17.9 Å². The first-order chi connectivity index (χ1) is 8.74. The van der Waals surface area contributed by atoms with Gasteiger partial charge in [-0.05, 0) is 18.2 Å². The van der Waals surface area contributed by atoms with Crippen LogP contribution in [0.3, 0.4) is 0 Å². The number of anilines is 1. The van der Waals surface area contributed by atoms with Crippen LogP contribution >= 0.6 is 0 Å².